The summed E-state index contributed by atoms with van der Waals surface area (Å²) in [5.74, 6) is -1.95. The molecule has 1 aromatic carbocycles. The number of nitrogens with one attached hydrogen (secondary N) is 3. The van der Waals surface area contributed by atoms with Crippen LogP contribution in [0.3, 0.4) is 0 Å². The lowest BCUT2D eigenvalue weighted by atomic mass is 9.91. The monoisotopic (exact) mass is 552 g/mol. The van der Waals surface area contributed by atoms with E-state index in [-0.39, 0.29) is 43.8 Å². The molecule has 11 heteroatoms. The maximum atomic E-state index is 13.4. The molecule has 3 atom stereocenters. The smallest absolute Gasteiger partial charge is 0.328 e. The van der Waals surface area contributed by atoms with Crippen molar-refractivity contribution in [1.82, 2.24) is 16.0 Å². The maximum Gasteiger partial charge on any atom is 0.328 e. The fourth-order valence-corrected chi connectivity index (χ4v) is 3.87. The number of cyclic esters (lactones) is 1. The largest absolute Gasteiger partial charge is 0.460 e. The van der Waals surface area contributed by atoms with Crippen LogP contribution in [0.1, 0.15) is 58.6 Å². The van der Waals surface area contributed by atoms with E-state index in [1.165, 1.54) is 6.08 Å². The summed E-state index contributed by atoms with van der Waals surface area (Å²) in [5.41, 5.74) is 9.29. The normalized spacial score (nSPS) is 22.4. The predicted molar refractivity (Wildman–Crippen MR) is 152 cm³/mol. The zero-order chi connectivity index (χ0) is 29.7. The number of azide groups is 1. The van der Waals surface area contributed by atoms with Gasteiger partial charge in [0.2, 0.25) is 17.7 Å². The van der Waals surface area contributed by atoms with Gasteiger partial charge in [-0.3, -0.25) is 14.4 Å². The maximum absolute atomic E-state index is 13.4. The van der Waals surface area contributed by atoms with Crippen molar-refractivity contribution in [3.63, 3.8) is 0 Å². The number of hydrogen-bond donors (Lipinski definition) is 3. The number of rotatable bonds is 7. The van der Waals surface area contributed by atoms with Gasteiger partial charge in [-0.25, -0.2) is 4.79 Å². The van der Waals surface area contributed by atoms with Crippen LogP contribution in [0.2, 0.25) is 0 Å². The lowest BCUT2D eigenvalue weighted by Crippen LogP contribution is -2.52. The third-order valence-electron chi connectivity index (χ3n) is 6.44. The van der Waals surface area contributed by atoms with Crippen LogP contribution in [0.4, 0.5) is 0 Å². The van der Waals surface area contributed by atoms with Crippen LogP contribution < -0.4 is 16.0 Å². The molecule has 3 N–H and O–H groups in total. The van der Waals surface area contributed by atoms with Gasteiger partial charge in [-0.1, -0.05) is 68.4 Å². The predicted octanol–water partition coefficient (Wildman–Crippen LogP) is 3.81. The van der Waals surface area contributed by atoms with E-state index >= 15 is 0 Å². The fraction of sp³-hybridized carbons (Fsp3) is 0.517. The Balaban J connectivity index is 2.30. The highest BCUT2D eigenvalue weighted by molar-refractivity contribution is 5.92. The standard InChI is InChI=1S/C29H40N6O5/c1-19(2)15-23-27(38)40-24(20(3)9-10-21-11-13-22(14-12-21)16-33-35-30)7-6-8-25(36)31-17-26(37)32-18-29(4,5)28(39)34-23/h6,8-14,19-20,23-24H,7,15-18H2,1-5H3,(H,31,36)(H,32,37)(H,34,39)/b8-6+,10-9+/t20?,23-,24-/m0/s1. The van der Waals surface area contributed by atoms with Crippen LogP contribution in [0.5, 0.6) is 0 Å². The summed E-state index contributed by atoms with van der Waals surface area (Å²) in [4.78, 5) is 53.6. The van der Waals surface area contributed by atoms with Crippen molar-refractivity contribution in [3.05, 3.63) is 64.1 Å². The molecule has 0 spiro atoms. The van der Waals surface area contributed by atoms with E-state index in [0.717, 1.165) is 11.1 Å². The van der Waals surface area contributed by atoms with Crippen molar-refractivity contribution in [2.75, 3.05) is 13.1 Å². The number of nitrogens with zero attached hydrogens (tertiary/aromatic N) is 3. The fourth-order valence-electron chi connectivity index (χ4n) is 3.87. The van der Waals surface area contributed by atoms with Crippen LogP contribution in [0.15, 0.2) is 47.6 Å². The molecule has 1 aromatic rings. The first-order valence-corrected chi connectivity index (χ1v) is 13.4. The van der Waals surface area contributed by atoms with E-state index in [9.17, 15) is 19.2 Å². The van der Waals surface area contributed by atoms with E-state index < -0.39 is 35.3 Å². The molecule has 0 aromatic heterocycles. The minimum Gasteiger partial charge on any atom is -0.460 e. The Labute approximate surface area is 235 Å². The zero-order valence-corrected chi connectivity index (χ0v) is 23.8. The van der Waals surface area contributed by atoms with Gasteiger partial charge in [0.25, 0.3) is 0 Å². The second-order valence-corrected chi connectivity index (χ2v) is 11.0. The van der Waals surface area contributed by atoms with Crippen molar-refractivity contribution < 1.29 is 23.9 Å². The third-order valence-corrected chi connectivity index (χ3v) is 6.44. The molecule has 0 saturated heterocycles. The number of carbonyl (C=O) groups is 4. The quantitative estimate of drug-likeness (QED) is 0.202. The average Bonchev–Trinajstić information content (AvgIpc) is 2.91. The van der Waals surface area contributed by atoms with Crippen molar-refractivity contribution in [2.24, 2.45) is 22.4 Å². The minimum atomic E-state index is -1.00. The molecular formula is C29H40N6O5. The highest BCUT2D eigenvalue weighted by atomic mass is 16.5. The summed E-state index contributed by atoms with van der Waals surface area (Å²) < 4.78 is 5.94. The number of hydrogen-bond acceptors (Lipinski definition) is 6. The summed E-state index contributed by atoms with van der Waals surface area (Å²) in [7, 11) is 0. The molecule has 0 radical (unpaired) electrons. The minimum absolute atomic E-state index is 0.0315. The summed E-state index contributed by atoms with van der Waals surface area (Å²) in [6, 6.07) is 6.66. The summed E-state index contributed by atoms with van der Waals surface area (Å²) in [6.07, 6.45) is 6.74. The number of benzene rings is 1. The molecule has 11 nitrogen and oxygen atoms in total. The Hall–Kier alpha value is -4.11. The van der Waals surface area contributed by atoms with Crippen LogP contribution in [-0.4, -0.2) is 48.9 Å². The number of esters is 1. The molecule has 1 heterocycles. The molecule has 1 unspecified atom stereocenters. The van der Waals surface area contributed by atoms with Gasteiger partial charge >= 0.3 is 5.97 Å². The van der Waals surface area contributed by atoms with Crippen molar-refractivity contribution >= 4 is 29.8 Å². The van der Waals surface area contributed by atoms with Gasteiger partial charge in [0.1, 0.15) is 12.1 Å². The lowest BCUT2D eigenvalue weighted by Gasteiger charge is -2.29. The lowest BCUT2D eigenvalue weighted by molar-refractivity contribution is -0.155. The van der Waals surface area contributed by atoms with E-state index in [0.29, 0.717) is 6.42 Å². The molecule has 3 amide bonds. The Morgan fingerprint density at radius 2 is 1.82 bits per heavy atom. The zero-order valence-electron chi connectivity index (χ0n) is 23.8. The summed E-state index contributed by atoms with van der Waals surface area (Å²) in [6.45, 7) is 9.22. The van der Waals surface area contributed by atoms with E-state index in [4.69, 9.17) is 10.3 Å². The molecule has 2 rings (SSSR count). The van der Waals surface area contributed by atoms with Crippen LogP contribution >= 0.6 is 0 Å². The first-order chi connectivity index (χ1) is 18.9. The Morgan fingerprint density at radius 1 is 1.12 bits per heavy atom. The van der Waals surface area contributed by atoms with Gasteiger partial charge in [-0.05, 0) is 48.9 Å². The van der Waals surface area contributed by atoms with Gasteiger partial charge in [0, 0.05) is 23.8 Å². The molecule has 0 bridgehead atoms. The molecule has 0 aliphatic carbocycles. The Morgan fingerprint density at radius 3 is 2.48 bits per heavy atom. The summed E-state index contributed by atoms with van der Waals surface area (Å²) >= 11 is 0. The second kappa shape index (κ2) is 15.5. The second-order valence-electron chi connectivity index (χ2n) is 11.0. The highest BCUT2D eigenvalue weighted by Gasteiger charge is 2.34. The third kappa shape index (κ3) is 10.9. The molecule has 216 valence electrons. The summed E-state index contributed by atoms with van der Waals surface area (Å²) in [5, 5.41) is 11.6. The van der Waals surface area contributed by atoms with Gasteiger partial charge < -0.3 is 20.7 Å². The molecule has 1 aliphatic rings. The number of carbonyl (C=O) groups excluding carboxylic acids is 4. The first-order valence-electron chi connectivity index (χ1n) is 13.4. The van der Waals surface area contributed by atoms with Crippen LogP contribution in [0, 0.1) is 17.3 Å². The van der Waals surface area contributed by atoms with E-state index in [1.807, 2.05) is 57.2 Å². The van der Waals surface area contributed by atoms with Crippen molar-refractivity contribution in [2.45, 2.75) is 66.2 Å². The van der Waals surface area contributed by atoms with E-state index in [2.05, 4.69) is 26.0 Å². The molecule has 1 aliphatic heterocycles. The van der Waals surface area contributed by atoms with Crippen LogP contribution in [-0.2, 0) is 30.5 Å². The van der Waals surface area contributed by atoms with E-state index in [1.54, 1.807) is 19.9 Å². The van der Waals surface area contributed by atoms with Gasteiger partial charge in [0.05, 0.1) is 18.5 Å². The SMILES string of the molecule is CC(C)C[C@@H]1NC(=O)C(C)(C)CNC(=O)CNC(=O)/C=C/C[C@@H](C(C)/C=C/c2ccc(CN=[N+]=[N-])cc2)OC1=O. The van der Waals surface area contributed by atoms with Crippen molar-refractivity contribution in [1.29, 1.82) is 0 Å². The first kappa shape index (κ1) is 32.1. The van der Waals surface area contributed by atoms with Gasteiger partial charge in [-0.2, -0.15) is 0 Å². The molecule has 0 saturated carbocycles. The highest BCUT2D eigenvalue weighted by Crippen LogP contribution is 2.20. The number of amides is 3. The van der Waals surface area contributed by atoms with Crippen LogP contribution in [0.25, 0.3) is 16.5 Å². The van der Waals surface area contributed by atoms with Gasteiger partial charge in [-0.15, -0.1) is 0 Å². The average molecular weight is 553 g/mol. The number of ether oxygens (including phenoxy) is 1. The molecular weight excluding hydrogens is 512 g/mol. The topological polar surface area (TPSA) is 162 Å². The van der Waals surface area contributed by atoms with Gasteiger partial charge in [0.15, 0.2) is 0 Å². The molecule has 0 fully saturated rings. The Kier molecular flexibility index (Phi) is 12.4. The Bertz CT molecular complexity index is 1150. The molecule has 40 heavy (non-hydrogen) atoms. The van der Waals surface area contributed by atoms with Crippen molar-refractivity contribution in [3.8, 4) is 0 Å².